The number of rotatable bonds is 9. The molecule has 35 heavy (non-hydrogen) atoms. The normalized spacial score (nSPS) is 14.3. The zero-order chi connectivity index (χ0) is 25.2. The Morgan fingerprint density at radius 3 is 2.63 bits per heavy atom. The average Bonchev–Trinajstić information content (AvgIpc) is 3.18. The number of ether oxygens (including phenoxy) is 2. The number of hydrogen-bond acceptors (Lipinski definition) is 6. The molecule has 0 spiro atoms. The first-order valence-corrected chi connectivity index (χ1v) is 15.1. The van der Waals surface area contributed by atoms with Crippen LogP contribution in [-0.2, 0) is 11.5 Å². The lowest BCUT2D eigenvalue weighted by molar-refractivity contribution is -0.385. The minimum absolute atomic E-state index is 0.205. The maximum Gasteiger partial charge on any atom is 0.275 e. The predicted molar refractivity (Wildman–Crippen MR) is 132 cm³/mol. The zero-order valence-electron chi connectivity index (χ0n) is 19.9. The lowest BCUT2D eigenvalue weighted by Gasteiger charge is -2.15. The Balaban J connectivity index is 1.74. The molecule has 0 saturated heterocycles. The van der Waals surface area contributed by atoms with E-state index in [2.05, 4.69) is 36.0 Å². The van der Waals surface area contributed by atoms with Crippen LogP contribution in [0.25, 0.3) is 16.6 Å². The molecule has 0 unspecified atom stereocenters. The summed E-state index contributed by atoms with van der Waals surface area (Å²) in [6, 6.07) is 3.84. The van der Waals surface area contributed by atoms with Crippen molar-refractivity contribution < 1.29 is 23.2 Å². The molecule has 1 aliphatic heterocycles. The van der Waals surface area contributed by atoms with Gasteiger partial charge in [0, 0.05) is 39.2 Å². The topological polar surface area (TPSA) is 91.5 Å². The first kappa shape index (κ1) is 25.0. The van der Waals surface area contributed by atoms with Crippen LogP contribution >= 0.6 is 0 Å². The van der Waals surface area contributed by atoms with Crippen LogP contribution in [0, 0.1) is 21.7 Å². The van der Waals surface area contributed by atoms with Crippen molar-refractivity contribution in [3.8, 4) is 11.5 Å². The van der Waals surface area contributed by atoms with Crippen LogP contribution in [0.5, 0.6) is 11.5 Å². The molecule has 1 N–H and O–H groups in total. The third kappa shape index (κ3) is 5.74. The highest BCUT2D eigenvalue weighted by molar-refractivity contribution is 6.76. The quantitative estimate of drug-likeness (QED) is 0.175. The van der Waals surface area contributed by atoms with Gasteiger partial charge in [-0.15, -0.1) is 0 Å². The Labute approximate surface area is 202 Å². The van der Waals surface area contributed by atoms with E-state index in [1.807, 2.05) is 10.8 Å². The number of hydrogen-bond donors (Lipinski definition) is 1. The van der Waals surface area contributed by atoms with Gasteiger partial charge in [0.1, 0.15) is 18.1 Å². The summed E-state index contributed by atoms with van der Waals surface area (Å²) in [5.41, 5.74) is 1.79. The van der Waals surface area contributed by atoms with Gasteiger partial charge in [-0.1, -0.05) is 25.7 Å². The molecule has 186 valence electrons. The second-order valence-electron chi connectivity index (χ2n) is 9.65. The second kappa shape index (κ2) is 10.2. The van der Waals surface area contributed by atoms with Gasteiger partial charge in [0.05, 0.1) is 22.4 Å². The molecule has 2 aromatic heterocycles. The second-order valence-corrected chi connectivity index (χ2v) is 15.3. The summed E-state index contributed by atoms with van der Waals surface area (Å²) in [7, 11) is -1.24. The van der Waals surface area contributed by atoms with Gasteiger partial charge in [0.2, 0.25) is 0 Å². The summed E-state index contributed by atoms with van der Waals surface area (Å²) < 4.78 is 42.7. The van der Waals surface area contributed by atoms with E-state index in [0.717, 1.165) is 30.1 Å². The third-order valence-electron chi connectivity index (χ3n) is 5.76. The van der Waals surface area contributed by atoms with Crippen LogP contribution in [0.1, 0.15) is 12.0 Å². The number of aromatic nitrogens is 2. The van der Waals surface area contributed by atoms with Crippen molar-refractivity contribution in [2.75, 3.05) is 19.7 Å². The number of nitrogens with one attached hydrogen (secondary N) is 1. The van der Waals surface area contributed by atoms with E-state index < -0.39 is 36.1 Å². The number of non-ortho nitro benzene ring substituents is 1. The van der Waals surface area contributed by atoms with Gasteiger partial charge in [-0.05, 0) is 30.6 Å². The first-order chi connectivity index (χ1) is 16.6. The molecule has 1 aromatic carbocycles. The van der Waals surface area contributed by atoms with Crippen molar-refractivity contribution >= 4 is 30.4 Å². The number of nitrogens with zero attached hydrogens (tertiary/aromatic N) is 3. The highest BCUT2D eigenvalue weighted by Gasteiger charge is 2.23. The maximum absolute atomic E-state index is 14.6. The Morgan fingerprint density at radius 1 is 1.26 bits per heavy atom. The Bertz CT molecular complexity index is 1260. The van der Waals surface area contributed by atoms with Gasteiger partial charge in [-0.3, -0.25) is 10.1 Å². The molecule has 0 saturated carbocycles. The molecule has 0 radical (unpaired) electrons. The molecule has 11 heteroatoms. The molecule has 3 aromatic rings. The minimum Gasteiger partial charge on any atom is -0.450 e. The van der Waals surface area contributed by atoms with Crippen molar-refractivity contribution in [2.24, 2.45) is 0 Å². The van der Waals surface area contributed by atoms with E-state index in [1.165, 1.54) is 12.3 Å². The third-order valence-corrected chi connectivity index (χ3v) is 7.47. The number of nitro benzene ring substituents is 1. The largest absolute Gasteiger partial charge is 0.450 e. The summed E-state index contributed by atoms with van der Waals surface area (Å²) in [5.74, 6) is -2.80. The monoisotopic (exact) mass is 502 g/mol. The molecule has 0 aliphatic carbocycles. The Kier molecular flexibility index (Phi) is 7.29. The van der Waals surface area contributed by atoms with Crippen molar-refractivity contribution in [3.05, 3.63) is 64.0 Å². The van der Waals surface area contributed by atoms with Crippen LogP contribution in [0.15, 0.2) is 36.7 Å². The summed E-state index contributed by atoms with van der Waals surface area (Å²) in [5, 5.41) is 14.8. The molecule has 8 nitrogen and oxygen atoms in total. The standard InChI is InChI=1S/C24H28F2N4O4Si/c1-35(2,3)11-10-33-15-29-14-18(16-4-7-27-8-5-16)22-21(6-9-28-24(22)29)34-23-19(25)12-17(30(31)32)13-20(23)26/h4,6,9,12-14,27H,5,7-8,10-11,15H2,1-3H3. The van der Waals surface area contributed by atoms with E-state index in [0.29, 0.717) is 36.3 Å². The number of halogens is 2. The molecular formula is C24H28F2N4O4Si. The maximum atomic E-state index is 14.6. The van der Waals surface area contributed by atoms with Crippen LogP contribution in [0.2, 0.25) is 25.7 Å². The molecule has 0 fully saturated rings. The molecule has 0 atom stereocenters. The highest BCUT2D eigenvalue weighted by Crippen LogP contribution is 2.39. The average molecular weight is 503 g/mol. The van der Waals surface area contributed by atoms with Crippen LogP contribution in [0.4, 0.5) is 14.5 Å². The minimum atomic E-state index is -1.24. The summed E-state index contributed by atoms with van der Waals surface area (Å²) in [6.07, 6.45) is 6.26. The summed E-state index contributed by atoms with van der Waals surface area (Å²) in [6.45, 7) is 9.26. The number of nitro groups is 1. The van der Waals surface area contributed by atoms with E-state index in [4.69, 9.17) is 9.47 Å². The van der Waals surface area contributed by atoms with Crippen LogP contribution in [0.3, 0.4) is 0 Å². The lowest BCUT2D eigenvalue weighted by atomic mass is 10.00. The van der Waals surface area contributed by atoms with Gasteiger partial charge in [0.25, 0.3) is 5.69 Å². The van der Waals surface area contributed by atoms with E-state index in [-0.39, 0.29) is 12.5 Å². The van der Waals surface area contributed by atoms with Gasteiger partial charge >= 0.3 is 0 Å². The molecular weight excluding hydrogens is 474 g/mol. The molecule has 3 heterocycles. The first-order valence-electron chi connectivity index (χ1n) is 11.4. The smallest absolute Gasteiger partial charge is 0.275 e. The fraction of sp³-hybridized carbons (Fsp3) is 0.375. The lowest BCUT2D eigenvalue weighted by Crippen LogP contribution is -2.22. The van der Waals surface area contributed by atoms with Crippen molar-refractivity contribution in [1.29, 1.82) is 0 Å². The van der Waals surface area contributed by atoms with Crippen molar-refractivity contribution in [3.63, 3.8) is 0 Å². The van der Waals surface area contributed by atoms with E-state index >= 15 is 0 Å². The molecule has 1 aliphatic rings. The molecule has 0 amide bonds. The number of benzene rings is 1. The van der Waals surface area contributed by atoms with Gasteiger partial charge in [-0.2, -0.15) is 0 Å². The fourth-order valence-corrected chi connectivity index (χ4v) is 4.64. The predicted octanol–water partition coefficient (Wildman–Crippen LogP) is 5.70. The van der Waals surface area contributed by atoms with Crippen molar-refractivity contribution in [2.45, 2.75) is 38.8 Å². The zero-order valence-corrected chi connectivity index (χ0v) is 20.9. The number of pyridine rings is 1. The Morgan fingerprint density at radius 2 is 2.00 bits per heavy atom. The van der Waals surface area contributed by atoms with E-state index in [1.54, 1.807) is 0 Å². The SMILES string of the molecule is C[Si](C)(C)CCOCn1cc(C2=CCNCC2)c2c(Oc3c(F)cc([N+](=O)[O-])cc3F)ccnc21. The Hall–Kier alpha value is -3.15. The van der Waals surface area contributed by atoms with Crippen LogP contribution < -0.4 is 10.1 Å². The van der Waals surface area contributed by atoms with Gasteiger partial charge in [-0.25, -0.2) is 13.8 Å². The van der Waals surface area contributed by atoms with Crippen molar-refractivity contribution in [1.82, 2.24) is 14.9 Å². The highest BCUT2D eigenvalue weighted by atomic mass is 28.3. The van der Waals surface area contributed by atoms with Gasteiger partial charge < -0.3 is 19.4 Å². The summed E-state index contributed by atoms with van der Waals surface area (Å²) in [4.78, 5) is 14.6. The molecule has 4 rings (SSSR count). The fourth-order valence-electron chi connectivity index (χ4n) is 3.88. The van der Waals surface area contributed by atoms with E-state index in [9.17, 15) is 18.9 Å². The number of fused-ring (bicyclic) bond motifs is 1. The van der Waals surface area contributed by atoms with Gasteiger partial charge in [0.15, 0.2) is 17.4 Å². The molecule has 0 bridgehead atoms. The summed E-state index contributed by atoms with van der Waals surface area (Å²) >= 11 is 0. The van der Waals surface area contributed by atoms with Crippen LogP contribution in [-0.4, -0.2) is 42.2 Å².